The third-order valence-electron chi connectivity index (χ3n) is 3.38. The number of nitrogens with one attached hydrogen (secondary N) is 1. The van der Waals surface area contributed by atoms with Crippen molar-refractivity contribution in [2.45, 2.75) is 13.0 Å². The molecule has 3 aromatic rings. The summed E-state index contributed by atoms with van der Waals surface area (Å²) in [5, 5.41) is 3.51. The maximum Gasteiger partial charge on any atom is 0.137 e. The molecule has 1 N–H and O–H groups in total. The second-order valence-corrected chi connectivity index (χ2v) is 4.92. The number of anilines is 1. The predicted octanol–water partition coefficient (Wildman–Crippen LogP) is 4.22. The molecule has 22 heavy (non-hydrogen) atoms. The van der Waals surface area contributed by atoms with Crippen LogP contribution in [0.25, 0.3) is 10.9 Å². The van der Waals surface area contributed by atoms with E-state index in [9.17, 15) is 13.2 Å². The SMILES string of the molecule is CC(Nc1ncnc2ccc(F)cc12)c1ccc(F)cc1F. The molecule has 6 heteroatoms. The van der Waals surface area contributed by atoms with Crippen molar-refractivity contribution in [2.75, 3.05) is 5.32 Å². The molecular weight excluding hydrogens is 291 g/mol. The van der Waals surface area contributed by atoms with E-state index < -0.39 is 23.5 Å². The Balaban J connectivity index is 1.97. The molecule has 1 aromatic heterocycles. The van der Waals surface area contributed by atoms with E-state index in [2.05, 4.69) is 15.3 Å². The summed E-state index contributed by atoms with van der Waals surface area (Å²) in [5.74, 6) is -1.31. The highest BCUT2D eigenvalue weighted by Crippen LogP contribution is 2.26. The van der Waals surface area contributed by atoms with Gasteiger partial charge in [0, 0.05) is 17.0 Å². The zero-order valence-electron chi connectivity index (χ0n) is 11.6. The fraction of sp³-hybridized carbons (Fsp3) is 0.125. The van der Waals surface area contributed by atoms with Crippen LogP contribution < -0.4 is 5.32 Å². The van der Waals surface area contributed by atoms with Crippen LogP contribution in [0, 0.1) is 17.5 Å². The first-order valence-electron chi connectivity index (χ1n) is 6.66. The maximum absolute atomic E-state index is 13.8. The van der Waals surface area contributed by atoms with Crippen molar-refractivity contribution in [2.24, 2.45) is 0 Å². The summed E-state index contributed by atoms with van der Waals surface area (Å²) >= 11 is 0. The third kappa shape index (κ3) is 2.72. The number of halogens is 3. The first-order chi connectivity index (χ1) is 10.5. The average molecular weight is 303 g/mol. The highest BCUT2D eigenvalue weighted by atomic mass is 19.1. The topological polar surface area (TPSA) is 37.8 Å². The van der Waals surface area contributed by atoms with E-state index >= 15 is 0 Å². The van der Waals surface area contributed by atoms with Gasteiger partial charge in [0.15, 0.2) is 0 Å². The highest BCUT2D eigenvalue weighted by molar-refractivity contribution is 5.88. The van der Waals surface area contributed by atoms with E-state index in [4.69, 9.17) is 0 Å². The summed E-state index contributed by atoms with van der Waals surface area (Å²) in [6.45, 7) is 1.71. The number of fused-ring (bicyclic) bond motifs is 1. The minimum absolute atomic E-state index is 0.296. The molecule has 0 radical (unpaired) electrons. The molecule has 1 unspecified atom stereocenters. The third-order valence-corrected chi connectivity index (χ3v) is 3.38. The van der Waals surface area contributed by atoms with Crippen molar-refractivity contribution in [3.63, 3.8) is 0 Å². The van der Waals surface area contributed by atoms with E-state index in [1.54, 1.807) is 13.0 Å². The van der Waals surface area contributed by atoms with E-state index in [1.165, 1.54) is 30.6 Å². The van der Waals surface area contributed by atoms with Crippen LogP contribution in [0.2, 0.25) is 0 Å². The maximum atomic E-state index is 13.8. The van der Waals surface area contributed by atoms with Gasteiger partial charge in [-0.3, -0.25) is 0 Å². The van der Waals surface area contributed by atoms with Crippen LogP contribution in [0.15, 0.2) is 42.7 Å². The van der Waals surface area contributed by atoms with Crippen molar-refractivity contribution >= 4 is 16.7 Å². The lowest BCUT2D eigenvalue weighted by molar-refractivity contribution is 0.566. The fourth-order valence-corrected chi connectivity index (χ4v) is 2.28. The Kier molecular flexibility index (Phi) is 3.66. The van der Waals surface area contributed by atoms with Gasteiger partial charge in [0.25, 0.3) is 0 Å². The predicted molar refractivity (Wildman–Crippen MR) is 77.9 cm³/mol. The first kappa shape index (κ1) is 14.3. The summed E-state index contributed by atoms with van der Waals surface area (Å²) in [6.07, 6.45) is 1.34. The van der Waals surface area contributed by atoms with Gasteiger partial charge in [-0.25, -0.2) is 23.1 Å². The van der Waals surface area contributed by atoms with Crippen molar-refractivity contribution in [3.05, 3.63) is 65.7 Å². The summed E-state index contributed by atoms with van der Waals surface area (Å²) in [7, 11) is 0. The second-order valence-electron chi connectivity index (χ2n) is 4.92. The zero-order chi connectivity index (χ0) is 15.7. The number of hydrogen-bond acceptors (Lipinski definition) is 3. The van der Waals surface area contributed by atoms with E-state index in [0.29, 0.717) is 22.3 Å². The molecule has 0 aliphatic carbocycles. The van der Waals surface area contributed by atoms with Crippen LogP contribution in [-0.2, 0) is 0 Å². The van der Waals surface area contributed by atoms with Crippen molar-refractivity contribution in [3.8, 4) is 0 Å². The number of benzene rings is 2. The van der Waals surface area contributed by atoms with Gasteiger partial charge in [0.2, 0.25) is 0 Å². The van der Waals surface area contributed by atoms with Crippen molar-refractivity contribution in [1.82, 2.24) is 9.97 Å². The van der Waals surface area contributed by atoms with Gasteiger partial charge in [0.1, 0.15) is 29.6 Å². The molecule has 3 rings (SSSR count). The molecular formula is C16H12F3N3. The van der Waals surface area contributed by atoms with Gasteiger partial charge in [-0.15, -0.1) is 0 Å². The monoisotopic (exact) mass is 303 g/mol. The molecule has 0 saturated carbocycles. The highest BCUT2D eigenvalue weighted by Gasteiger charge is 2.14. The Bertz CT molecular complexity index is 836. The summed E-state index contributed by atoms with van der Waals surface area (Å²) in [6, 6.07) is 7.07. The lowest BCUT2D eigenvalue weighted by Gasteiger charge is -2.16. The molecule has 2 aromatic carbocycles. The van der Waals surface area contributed by atoms with Crippen LogP contribution in [-0.4, -0.2) is 9.97 Å². The van der Waals surface area contributed by atoms with Crippen LogP contribution in [0.3, 0.4) is 0 Å². The van der Waals surface area contributed by atoms with Crippen molar-refractivity contribution < 1.29 is 13.2 Å². The molecule has 0 aliphatic heterocycles. The van der Waals surface area contributed by atoms with Gasteiger partial charge >= 0.3 is 0 Å². The largest absolute Gasteiger partial charge is 0.363 e. The fourth-order valence-electron chi connectivity index (χ4n) is 2.28. The molecule has 1 heterocycles. The van der Waals surface area contributed by atoms with E-state index in [0.717, 1.165) is 6.07 Å². The first-order valence-corrected chi connectivity index (χ1v) is 6.66. The Morgan fingerprint density at radius 1 is 0.955 bits per heavy atom. The van der Waals surface area contributed by atoms with Crippen LogP contribution >= 0.6 is 0 Å². The van der Waals surface area contributed by atoms with Gasteiger partial charge in [0.05, 0.1) is 11.6 Å². The second kappa shape index (κ2) is 5.63. The molecule has 3 nitrogen and oxygen atoms in total. The standard InChI is InChI=1S/C16H12F3N3/c1-9(12-4-2-11(18)7-14(12)19)22-16-13-6-10(17)3-5-15(13)20-8-21-16/h2-9H,1H3,(H,20,21,22). The molecule has 112 valence electrons. The van der Waals surface area contributed by atoms with Crippen LogP contribution in [0.4, 0.5) is 19.0 Å². The summed E-state index contributed by atoms with van der Waals surface area (Å²) < 4.78 is 40.2. The molecule has 0 saturated heterocycles. The molecule has 0 amide bonds. The molecule has 0 bridgehead atoms. The van der Waals surface area contributed by atoms with Crippen LogP contribution in [0.1, 0.15) is 18.5 Å². The molecule has 0 fully saturated rings. The molecule has 0 spiro atoms. The van der Waals surface area contributed by atoms with Gasteiger partial charge in [-0.1, -0.05) is 6.07 Å². The number of nitrogens with zero attached hydrogens (tertiary/aromatic N) is 2. The Morgan fingerprint density at radius 2 is 1.68 bits per heavy atom. The average Bonchev–Trinajstić information content (AvgIpc) is 2.47. The van der Waals surface area contributed by atoms with Gasteiger partial charge < -0.3 is 5.32 Å². The Hall–Kier alpha value is -2.63. The quantitative estimate of drug-likeness (QED) is 0.787. The van der Waals surface area contributed by atoms with E-state index in [-0.39, 0.29) is 0 Å². The number of hydrogen-bond donors (Lipinski definition) is 1. The zero-order valence-corrected chi connectivity index (χ0v) is 11.6. The van der Waals surface area contributed by atoms with E-state index in [1.807, 2.05) is 0 Å². The Labute approximate surface area is 124 Å². The minimum atomic E-state index is -0.649. The normalized spacial score (nSPS) is 12.4. The molecule has 1 atom stereocenters. The van der Waals surface area contributed by atoms with Gasteiger partial charge in [-0.05, 0) is 31.2 Å². The van der Waals surface area contributed by atoms with Gasteiger partial charge in [-0.2, -0.15) is 0 Å². The lowest BCUT2D eigenvalue weighted by Crippen LogP contribution is -2.10. The van der Waals surface area contributed by atoms with Crippen LogP contribution in [0.5, 0.6) is 0 Å². The lowest BCUT2D eigenvalue weighted by atomic mass is 10.1. The Morgan fingerprint density at radius 3 is 2.45 bits per heavy atom. The van der Waals surface area contributed by atoms with Crippen molar-refractivity contribution in [1.29, 1.82) is 0 Å². The number of rotatable bonds is 3. The number of aromatic nitrogens is 2. The molecule has 0 aliphatic rings. The summed E-state index contributed by atoms with van der Waals surface area (Å²) in [5.41, 5.74) is 0.871. The summed E-state index contributed by atoms with van der Waals surface area (Å²) in [4.78, 5) is 8.13. The minimum Gasteiger partial charge on any atom is -0.363 e. The smallest absolute Gasteiger partial charge is 0.137 e.